The molecule has 30 heavy (non-hydrogen) atoms. The van der Waals surface area contributed by atoms with Crippen LogP contribution in [0.15, 0.2) is 23.1 Å². The lowest BCUT2D eigenvalue weighted by molar-refractivity contribution is -0.384. The number of carbonyl (C=O) groups excluding carboxylic acids is 1. The molecule has 168 valence electrons. The normalized spacial score (nSPS) is 21.7. The first-order valence-corrected chi connectivity index (χ1v) is 11.5. The Kier molecular flexibility index (Phi) is 7.13. The molecule has 0 bridgehead atoms. The summed E-state index contributed by atoms with van der Waals surface area (Å²) in [7, 11) is -3.85. The van der Waals surface area contributed by atoms with Crippen LogP contribution in [0, 0.1) is 22.0 Å². The number of anilines is 1. The van der Waals surface area contributed by atoms with Gasteiger partial charge in [-0.25, -0.2) is 8.42 Å². The monoisotopic (exact) mass is 440 g/mol. The van der Waals surface area contributed by atoms with Gasteiger partial charge in [0.15, 0.2) is 0 Å². The van der Waals surface area contributed by atoms with Gasteiger partial charge in [0, 0.05) is 24.7 Å². The van der Waals surface area contributed by atoms with Gasteiger partial charge in [0.2, 0.25) is 15.9 Å². The fraction of sp³-hybridized carbons (Fsp3) is 0.650. The second kappa shape index (κ2) is 8.89. The lowest BCUT2D eigenvalue weighted by Crippen LogP contribution is -2.47. The third-order valence-corrected chi connectivity index (χ3v) is 6.73. The van der Waals surface area contributed by atoms with Crippen molar-refractivity contribution in [2.45, 2.75) is 64.4 Å². The van der Waals surface area contributed by atoms with Gasteiger partial charge in [0.05, 0.1) is 9.82 Å². The number of carbonyl (C=O) groups is 1. The number of piperidine rings is 1. The van der Waals surface area contributed by atoms with E-state index in [2.05, 4.69) is 10.6 Å². The number of nitro benzene ring substituents is 1. The van der Waals surface area contributed by atoms with Gasteiger partial charge in [-0.15, -0.1) is 0 Å². The molecule has 0 radical (unpaired) electrons. The topological polar surface area (TPSA) is 122 Å². The van der Waals surface area contributed by atoms with Crippen molar-refractivity contribution in [3.05, 3.63) is 28.3 Å². The minimum absolute atomic E-state index is 0.0934. The van der Waals surface area contributed by atoms with Gasteiger partial charge in [-0.1, -0.05) is 13.8 Å². The smallest absolute Gasteiger partial charge is 0.293 e. The van der Waals surface area contributed by atoms with Crippen LogP contribution in [-0.2, 0) is 14.8 Å². The zero-order valence-corrected chi connectivity index (χ0v) is 19.2. The predicted octanol–water partition coefficient (Wildman–Crippen LogP) is 2.98. The summed E-state index contributed by atoms with van der Waals surface area (Å²) in [6.45, 7) is 11.9. The highest BCUT2D eigenvalue weighted by Gasteiger charge is 2.33. The van der Waals surface area contributed by atoms with Gasteiger partial charge in [-0.2, -0.15) is 4.31 Å². The number of nitrogens with zero attached hydrogens (tertiary/aromatic N) is 2. The molecule has 1 saturated heterocycles. The first-order chi connectivity index (χ1) is 13.7. The Bertz CT molecular complexity index is 900. The third-order valence-electron chi connectivity index (χ3n) is 4.90. The van der Waals surface area contributed by atoms with E-state index in [4.69, 9.17) is 0 Å². The standard InChI is InChI=1S/C20H32N4O5S/c1-13-9-14(2)12-23(11-13)30(28,29)16-7-8-17(18(10-16)24(26)27)21-15(3)19(25)22-20(4,5)6/h7-8,10,13-15,21H,9,11-12H2,1-6H3,(H,22,25)/t13-,14+,15-/m1/s1. The van der Waals surface area contributed by atoms with E-state index in [1.54, 1.807) is 6.92 Å². The average Bonchev–Trinajstić information content (AvgIpc) is 2.59. The number of hydrogen-bond acceptors (Lipinski definition) is 6. The maximum atomic E-state index is 13.1. The number of sulfonamides is 1. The number of benzene rings is 1. The van der Waals surface area contributed by atoms with Crippen molar-refractivity contribution < 1.29 is 18.1 Å². The molecule has 0 aliphatic carbocycles. The molecular weight excluding hydrogens is 408 g/mol. The molecule has 1 fully saturated rings. The van der Waals surface area contributed by atoms with Crippen LogP contribution in [0.4, 0.5) is 11.4 Å². The van der Waals surface area contributed by atoms with Crippen LogP contribution in [0.2, 0.25) is 0 Å². The van der Waals surface area contributed by atoms with Gasteiger partial charge in [0.1, 0.15) is 11.7 Å². The summed E-state index contributed by atoms with van der Waals surface area (Å²) in [5.74, 6) is 0.132. The van der Waals surface area contributed by atoms with Crippen molar-refractivity contribution >= 4 is 27.3 Å². The number of amides is 1. The molecule has 10 heteroatoms. The van der Waals surface area contributed by atoms with Crippen molar-refractivity contribution in [3.8, 4) is 0 Å². The molecule has 1 aliphatic heterocycles. The molecule has 1 aromatic carbocycles. The van der Waals surface area contributed by atoms with Crippen LogP contribution in [0.1, 0.15) is 48.0 Å². The summed E-state index contributed by atoms with van der Waals surface area (Å²) >= 11 is 0. The van der Waals surface area contributed by atoms with E-state index >= 15 is 0 Å². The van der Waals surface area contributed by atoms with Crippen LogP contribution < -0.4 is 10.6 Å². The lowest BCUT2D eigenvalue weighted by Gasteiger charge is -2.34. The molecule has 2 rings (SSSR count). The minimum Gasteiger partial charge on any atom is -0.368 e. The molecule has 1 aliphatic rings. The Morgan fingerprint density at radius 1 is 1.23 bits per heavy atom. The Hall–Kier alpha value is -2.20. The Morgan fingerprint density at radius 3 is 2.30 bits per heavy atom. The molecule has 9 nitrogen and oxygen atoms in total. The maximum absolute atomic E-state index is 13.1. The van der Waals surface area contributed by atoms with E-state index in [-0.39, 0.29) is 34.0 Å². The van der Waals surface area contributed by atoms with E-state index in [9.17, 15) is 23.3 Å². The van der Waals surface area contributed by atoms with Crippen LogP contribution in [0.3, 0.4) is 0 Å². The molecule has 1 amide bonds. The van der Waals surface area contributed by atoms with Gasteiger partial charge < -0.3 is 10.6 Å². The number of hydrogen-bond donors (Lipinski definition) is 2. The van der Waals surface area contributed by atoms with Crippen molar-refractivity contribution in [1.82, 2.24) is 9.62 Å². The van der Waals surface area contributed by atoms with E-state index < -0.39 is 26.5 Å². The van der Waals surface area contributed by atoms with Crippen LogP contribution in [-0.4, -0.2) is 48.2 Å². The van der Waals surface area contributed by atoms with Crippen LogP contribution >= 0.6 is 0 Å². The summed E-state index contributed by atoms with van der Waals surface area (Å²) in [6.07, 6.45) is 0.948. The summed E-state index contributed by atoms with van der Waals surface area (Å²) in [5.41, 5.74) is -0.736. The highest BCUT2D eigenvalue weighted by atomic mass is 32.2. The zero-order valence-electron chi connectivity index (χ0n) is 18.4. The Morgan fingerprint density at radius 2 is 1.80 bits per heavy atom. The summed E-state index contributed by atoms with van der Waals surface area (Å²) < 4.78 is 27.5. The second-order valence-electron chi connectivity index (χ2n) is 9.31. The molecular formula is C20H32N4O5S. The molecule has 3 atom stereocenters. The Balaban J connectivity index is 2.31. The van der Waals surface area contributed by atoms with Crippen molar-refractivity contribution in [3.63, 3.8) is 0 Å². The van der Waals surface area contributed by atoms with Crippen LogP contribution in [0.5, 0.6) is 0 Å². The third kappa shape index (κ3) is 5.91. The van der Waals surface area contributed by atoms with Crippen molar-refractivity contribution in [1.29, 1.82) is 0 Å². The van der Waals surface area contributed by atoms with Crippen molar-refractivity contribution in [2.24, 2.45) is 11.8 Å². The Labute approximate surface area is 178 Å². The quantitative estimate of drug-likeness (QED) is 0.518. The summed E-state index contributed by atoms with van der Waals surface area (Å²) in [6, 6.07) is 3.02. The summed E-state index contributed by atoms with van der Waals surface area (Å²) in [5, 5.41) is 17.2. The van der Waals surface area contributed by atoms with E-state index in [0.29, 0.717) is 13.1 Å². The van der Waals surface area contributed by atoms with E-state index in [0.717, 1.165) is 12.5 Å². The van der Waals surface area contributed by atoms with Crippen LogP contribution in [0.25, 0.3) is 0 Å². The minimum atomic E-state index is -3.85. The first kappa shape index (κ1) is 24.1. The zero-order chi connectivity index (χ0) is 22.9. The number of nitrogens with one attached hydrogen (secondary N) is 2. The van der Waals surface area contributed by atoms with Gasteiger partial charge in [0.25, 0.3) is 5.69 Å². The molecule has 1 aromatic rings. The summed E-state index contributed by atoms with van der Waals surface area (Å²) in [4.78, 5) is 23.2. The predicted molar refractivity (Wildman–Crippen MR) is 116 cm³/mol. The fourth-order valence-electron chi connectivity index (χ4n) is 3.67. The average molecular weight is 441 g/mol. The molecule has 1 heterocycles. The SMILES string of the molecule is C[C@@H]1C[C@H](C)CN(S(=O)(=O)c2ccc(N[C@H](C)C(=O)NC(C)(C)C)c([N+](=O)[O-])c2)C1. The molecule has 0 spiro atoms. The fourth-order valence-corrected chi connectivity index (χ4v) is 5.37. The van der Waals surface area contributed by atoms with E-state index in [1.165, 1.54) is 16.4 Å². The maximum Gasteiger partial charge on any atom is 0.293 e. The number of rotatable bonds is 6. The lowest BCUT2D eigenvalue weighted by atomic mass is 9.94. The molecule has 0 saturated carbocycles. The van der Waals surface area contributed by atoms with Gasteiger partial charge in [-0.3, -0.25) is 14.9 Å². The van der Waals surface area contributed by atoms with Gasteiger partial charge >= 0.3 is 0 Å². The van der Waals surface area contributed by atoms with E-state index in [1.807, 2.05) is 34.6 Å². The number of nitro groups is 1. The highest BCUT2D eigenvalue weighted by molar-refractivity contribution is 7.89. The van der Waals surface area contributed by atoms with Crippen molar-refractivity contribution in [2.75, 3.05) is 18.4 Å². The highest BCUT2D eigenvalue weighted by Crippen LogP contribution is 2.32. The largest absolute Gasteiger partial charge is 0.368 e. The molecule has 0 aromatic heterocycles. The van der Waals surface area contributed by atoms with Gasteiger partial charge in [-0.05, 0) is 58.1 Å². The molecule has 0 unspecified atom stereocenters. The first-order valence-electron chi connectivity index (χ1n) is 10.1. The molecule has 2 N–H and O–H groups in total. The second-order valence-corrected chi connectivity index (χ2v) is 11.2.